The monoisotopic (exact) mass is 373 g/mol. The first-order valence-electron chi connectivity index (χ1n) is 7.13. The zero-order valence-corrected chi connectivity index (χ0v) is 14.5. The standard InChI is InChI=1S/C15H18BrClFN3/c1-9(20(2)10-3-4-10)8-21-14-6-12(18)11(16)5-13(14)19-15(21)7-17/h5-6,9-10H,3-4,7-8H2,1-2H3. The molecule has 1 aromatic heterocycles. The first-order chi connectivity index (χ1) is 10.0. The van der Waals surface area contributed by atoms with Crippen LogP contribution < -0.4 is 0 Å². The van der Waals surface area contributed by atoms with Crippen molar-refractivity contribution in [2.45, 2.75) is 44.3 Å². The van der Waals surface area contributed by atoms with Gasteiger partial charge in [-0.05, 0) is 48.8 Å². The van der Waals surface area contributed by atoms with E-state index < -0.39 is 0 Å². The predicted octanol–water partition coefficient (Wildman–Crippen LogP) is 4.16. The van der Waals surface area contributed by atoms with E-state index in [1.54, 1.807) is 6.07 Å². The van der Waals surface area contributed by atoms with Gasteiger partial charge in [0.2, 0.25) is 0 Å². The van der Waals surface area contributed by atoms with Gasteiger partial charge in [-0.15, -0.1) is 11.6 Å². The van der Waals surface area contributed by atoms with E-state index in [0.29, 0.717) is 22.4 Å². The molecule has 1 atom stereocenters. The number of halogens is 3. The van der Waals surface area contributed by atoms with E-state index >= 15 is 0 Å². The van der Waals surface area contributed by atoms with Crippen LogP contribution >= 0.6 is 27.5 Å². The fourth-order valence-corrected chi connectivity index (χ4v) is 3.25. The number of rotatable bonds is 5. The molecule has 2 aromatic rings. The average Bonchev–Trinajstić information content (AvgIpc) is 3.25. The summed E-state index contributed by atoms with van der Waals surface area (Å²) < 4.78 is 16.3. The van der Waals surface area contributed by atoms with Crippen molar-refractivity contribution in [3.05, 3.63) is 28.2 Å². The molecule has 0 N–H and O–H groups in total. The van der Waals surface area contributed by atoms with Gasteiger partial charge >= 0.3 is 0 Å². The van der Waals surface area contributed by atoms with Crippen LogP contribution in [-0.2, 0) is 12.4 Å². The highest BCUT2D eigenvalue weighted by atomic mass is 79.9. The third-order valence-corrected chi connectivity index (χ3v) is 5.10. The van der Waals surface area contributed by atoms with Crippen LogP contribution in [0.15, 0.2) is 16.6 Å². The molecule has 0 bridgehead atoms. The quantitative estimate of drug-likeness (QED) is 0.733. The highest BCUT2D eigenvalue weighted by molar-refractivity contribution is 9.10. The number of benzene rings is 1. The molecule has 6 heteroatoms. The Labute approximate surface area is 137 Å². The van der Waals surface area contributed by atoms with Crippen molar-refractivity contribution in [3.8, 4) is 0 Å². The Morgan fingerprint density at radius 2 is 2.24 bits per heavy atom. The summed E-state index contributed by atoms with van der Waals surface area (Å²) >= 11 is 9.23. The minimum Gasteiger partial charge on any atom is -0.325 e. The molecule has 1 unspecified atom stereocenters. The van der Waals surface area contributed by atoms with Crippen LogP contribution in [0.5, 0.6) is 0 Å². The van der Waals surface area contributed by atoms with E-state index in [-0.39, 0.29) is 5.82 Å². The molecule has 1 aliphatic rings. The van der Waals surface area contributed by atoms with Gasteiger partial charge in [-0.1, -0.05) is 0 Å². The lowest BCUT2D eigenvalue weighted by atomic mass is 10.2. The van der Waals surface area contributed by atoms with Crippen LogP contribution in [0, 0.1) is 5.82 Å². The smallest absolute Gasteiger partial charge is 0.139 e. The third kappa shape index (κ3) is 2.96. The van der Waals surface area contributed by atoms with Gasteiger partial charge in [0.1, 0.15) is 11.6 Å². The number of aromatic nitrogens is 2. The molecular formula is C15H18BrClFN3. The molecule has 3 nitrogen and oxygen atoms in total. The molecule has 1 aliphatic carbocycles. The average molecular weight is 375 g/mol. The highest BCUT2D eigenvalue weighted by Gasteiger charge is 2.29. The first-order valence-corrected chi connectivity index (χ1v) is 8.46. The zero-order chi connectivity index (χ0) is 15.1. The number of hydrogen-bond donors (Lipinski definition) is 0. The SMILES string of the molecule is CC(Cn1c(CCl)nc2cc(Br)c(F)cc21)N(C)C1CC1. The Morgan fingerprint density at radius 1 is 1.52 bits per heavy atom. The Hall–Kier alpha value is -0.650. The molecule has 0 radical (unpaired) electrons. The molecule has 21 heavy (non-hydrogen) atoms. The van der Waals surface area contributed by atoms with Crippen LogP contribution in [0.25, 0.3) is 11.0 Å². The van der Waals surface area contributed by atoms with E-state index in [1.165, 1.54) is 18.9 Å². The Bertz CT molecular complexity index is 668. The second-order valence-corrected chi connectivity index (χ2v) is 6.89. The molecule has 1 saturated carbocycles. The number of hydrogen-bond acceptors (Lipinski definition) is 2. The summed E-state index contributed by atoms with van der Waals surface area (Å²) in [6.45, 7) is 2.96. The summed E-state index contributed by atoms with van der Waals surface area (Å²) in [5.74, 6) is 0.849. The van der Waals surface area contributed by atoms with Crippen molar-refractivity contribution < 1.29 is 4.39 Å². The number of imidazole rings is 1. The summed E-state index contributed by atoms with van der Waals surface area (Å²) in [5, 5.41) is 0. The van der Waals surface area contributed by atoms with Crippen molar-refractivity contribution in [3.63, 3.8) is 0 Å². The summed E-state index contributed by atoms with van der Waals surface area (Å²) in [6.07, 6.45) is 2.55. The van der Waals surface area contributed by atoms with Gasteiger partial charge < -0.3 is 4.57 Å². The molecular weight excluding hydrogens is 357 g/mol. The van der Waals surface area contributed by atoms with Gasteiger partial charge in [0.05, 0.1) is 21.4 Å². The normalized spacial score (nSPS) is 16.9. The van der Waals surface area contributed by atoms with Gasteiger partial charge in [0.25, 0.3) is 0 Å². The maximum absolute atomic E-state index is 13.8. The van der Waals surface area contributed by atoms with Gasteiger partial charge in [0.15, 0.2) is 0 Å². The number of likely N-dealkylation sites (N-methyl/N-ethyl adjacent to an activating group) is 1. The van der Waals surface area contributed by atoms with Crippen LogP contribution in [-0.4, -0.2) is 33.6 Å². The van der Waals surface area contributed by atoms with Gasteiger partial charge in [-0.25, -0.2) is 9.37 Å². The summed E-state index contributed by atoms with van der Waals surface area (Å²) in [4.78, 5) is 6.91. The van der Waals surface area contributed by atoms with Crippen molar-refractivity contribution in [1.82, 2.24) is 14.5 Å². The second-order valence-electron chi connectivity index (χ2n) is 5.77. The van der Waals surface area contributed by atoms with Crippen molar-refractivity contribution >= 4 is 38.6 Å². The number of nitrogens with zero attached hydrogens (tertiary/aromatic N) is 3. The number of fused-ring (bicyclic) bond motifs is 1. The fourth-order valence-electron chi connectivity index (χ4n) is 2.71. The van der Waals surface area contributed by atoms with Gasteiger partial charge in [-0.3, -0.25) is 4.90 Å². The minimum atomic E-state index is -0.270. The highest BCUT2D eigenvalue weighted by Crippen LogP contribution is 2.29. The molecule has 0 saturated heterocycles. The van der Waals surface area contributed by atoms with Crippen molar-refractivity contribution in [1.29, 1.82) is 0 Å². The Kier molecular flexibility index (Phi) is 4.26. The van der Waals surface area contributed by atoms with E-state index in [9.17, 15) is 4.39 Å². The molecule has 0 spiro atoms. The number of alkyl halides is 1. The lowest BCUT2D eigenvalue weighted by molar-refractivity contribution is 0.226. The molecule has 114 valence electrons. The maximum atomic E-state index is 13.8. The Balaban J connectivity index is 1.97. The molecule has 0 amide bonds. The minimum absolute atomic E-state index is 0.270. The van der Waals surface area contributed by atoms with Crippen LogP contribution in [0.3, 0.4) is 0 Å². The van der Waals surface area contributed by atoms with Crippen molar-refractivity contribution in [2.75, 3.05) is 7.05 Å². The van der Waals surface area contributed by atoms with Crippen LogP contribution in [0.2, 0.25) is 0 Å². The summed E-state index contributed by atoms with van der Waals surface area (Å²) in [7, 11) is 2.15. The van der Waals surface area contributed by atoms with E-state index in [2.05, 4.69) is 39.8 Å². The third-order valence-electron chi connectivity index (χ3n) is 4.25. The molecule has 1 fully saturated rings. The molecule has 1 heterocycles. The van der Waals surface area contributed by atoms with E-state index in [1.807, 2.05) is 4.57 Å². The fraction of sp³-hybridized carbons (Fsp3) is 0.533. The largest absolute Gasteiger partial charge is 0.325 e. The lowest BCUT2D eigenvalue weighted by Crippen LogP contribution is -2.34. The summed E-state index contributed by atoms with van der Waals surface area (Å²) in [6, 6.07) is 4.31. The molecule has 1 aromatic carbocycles. The summed E-state index contributed by atoms with van der Waals surface area (Å²) in [5.41, 5.74) is 1.59. The van der Waals surface area contributed by atoms with Gasteiger partial charge in [0, 0.05) is 24.7 Å². The molecule has 3 rings (SSSR count). The molecule has 0 aliphatic heterocycles. The maximum Gasteiger partial charge on any atom is 0.139 e. The van der Waals surface area contributed by atoms with Crippen molar-refractivity contribution in [2.24, 2.45) is 0 Å². The van der Waals surface area contributed by atoms with Gasteiger partial charge in [-0.2, -0.15) is 0 Å². The van der Waals surface area contributed by atoms with Crippen LogP contribution in [0.4, 0.5) is 4.39 Å². The predicted molar refractivity (Wildman–Crippen MR) is 87.2 cm³/mol. The first kappa shape index (κ1) is 15.3. The topological polar surface area (TPSA) is 21.1 Å². The second kappa shape index (κ2) is 5.86. The van der Waals surface area contributed by atoms with E-state index in [4.69, 9.17) is 11.6 Å². The van der Waals surface area contributed by atoms with Crippen LogP contribution in [0.1, 0.15) is 25.6 Å². The lowest BCUT2D eigenvalue weighted by Gasteiger charge is -2.25. The van der Waals surface area contributed by atoms with E-state index in [0.717, 1.165) is 23.4 Å². The Morgan fingerprint density at radius 3 is 2.86 bits per heavy atom. The zero-order valence-electron chi connectivity index (χ0n) is 12.1.